The first-order valence-corrected chi connectivity index (χ1v) is 10.2. The molecule has 5 heteroatoms. The summed E-state index contributed by atoms with van der Waals surface area (Å²) in [6.45, 7) is 0. The van der Waals surface area contributed by atoms with Gasteiger partial charge in [0.15, 0.2) is 11.6 Å². The molecule has 5 aromatic rings. The molecule has 0 amide bonds. The monoisotopic (exact) mass is 417 g/mol. The van der Waals surface area contributed by atoms with Crippen molar-refractivity contribution in [1.29, 1.82) is 0 Å². The van der Waals surface area contributed by atoms with E-state index in [0.29, 0.717) is 11.6 Å². The summed E-state index contributed by atoms with van der Waals surface area (Å²) in [7, 11) is 0. The number of para-hydroxylation sites is 1. The Morgan fingerprint density at radius 3 is 1.97 bits per heavy atom. The highest BCUT2D eigenvalue weighted by molar-refractivity contribution is 5.89. The molecule has 0 aliphatic carbocycles. The number of hydrogen-bond donors (Lipinski definition) is 1. The molecule has 4 aromatic carbocycles. The molecule has 0 atom stereocenters. The van der Waals surface area contributed by atoms with Crippen molar-refractivity contribution < 1.29 is 9.90 Å². The van der Waals surface area contributed by atoms with E-state index >= 15 is 0 Å². The van der Waals surface area contributed by atoms with Gasteiger partial charge in [0.25, 0.3) is 0 Å². The third-order valence-electron chi connectivity index (χ3n) is 5.20. The topological polar surface area (TPSA) is 68.0 Å². The molecule has 32 heavy (non-hydrogen) atoms. The van der Waals surface area contributed by atoms with Gasteiger partial charge in [0.1, 0.15) is 0 Å². The number of benzene rings is 4. The van der Waals surface area contributed by atoms with Crippen LogP contribution in [0.2, 0.25) is 0 Å². The molecule has 0 saturated carbocycles. The van der Waals surface area contributed by atoms with Gasteiger partial charge in [-0.3, -0.25) is 0 Å². The van der Waals surface area contributed by atoms with Crippen molar-refractivity contribution in [3.8, 4) is 39.6 Å². The van der Waals surface area contributed by atoms with Crippen LogP contribution in [-0.4, -0.2) is 25.8 Å². The number of hydrogen-bond acceptors (Lipinski definition) is 3. The van der Waals surface area contributed by atoms with E-state index in [1.165, 1.54) is 0 Å². The lowest BCUT2D eigenvalue weighted by Gasteiger charge is -2.08. The lowest BCUT2D eigenvalue weighted by molar-refractivity contribution is 0.0697. The molecule has 0 unspecified atom stereocenters. The third-order valence-corrected chi connectivity index (χ3v) is 5.20. The van der Waals surface area contributed by atoms with Crippen LogP contribution >= 0.6 is 0 Å². The number of aromatic nitrogens is 3. The number of carboxylic acid groups (broad SMARTS) is 1. The zero-order valence-electron chi connectivity index (χ0n) is 17.1. The molecule has 1 N–H and O–H groups in total. The zero-order chi connectivity index (χ0) is 21.9. The third kappa shape index (κ3) is 3.79. The van der Waals surface area contributed by atoms with Gasteiger partial charge in [-0.15, -0.1) is 5.10 Å². The molecule has 0 aliphatic rings. The van der Waals surface area contributed by atoms with Crippen LogP contribution in [0.3, 0.4) is 0 Å². The van der Waals surface area contributed by atoms with E-state index in [1.807, 2.05) is 95.7 Å². The Kier molecular flexibility index (Phi) is 5.06. The lowest BCUT2D eigenvalue weighted by atomic mass is 10.0. The minimum atomic E-state index is -0.945. The first-order chi connectivity index (χ1) is 15.7. The van der Waals surface area contributed by atoms with Crippen LogP contribution in [0.4, 0.5) is 0 Å². The molecule has 0 spiro atoms. The van der Waals surface area contributed by atoms with Gasteiger partial charge in [-0.2, -0.15) is 0 Å². The van der Waals surface area contributed by atoms with E-state index in [4.69, 9.17) is 10.1 Å². The maximum atomic E-state index is 11.4. The summed E-state index contributed by atoms with van der Waals surface area (Å²) in [5.74, 6) is 0.411. The summed E-state index contributed by atoms with van der Waals surface area (Å²) in [6.07, 6.45) is 0. The summed E-state index contributed by atoms with van der Waals surface area (Å²) in [5.41, 5.74) is 4.74. The predicted molar refractivity (Wildman–Crippen MR) is 125 cm³/mol. The number of aromatic carboxylic acids is 1. The fraction of sp³-hybridized carbons (Fsp3) is 0. The summed E-state index contributed by atoms with van der Waals surface area (Å²) in [4.78, 5) is 16.3. The van der Waals surface area contributed by atoms with Crippen LogP contribution in [0.15, 0.2) is 109 Å². The van der Waals surface area contributed by atoms with Crippen molar-refractivity contribution in [3.63, 3.8) is 0 Å². The van der Waals surface area contributed by atoms with Gasteiger partial charge in [0, 0.05) is 11.1 Å². The van der Waals surface area contributed by atoms with E-state index < -0.39 is 5.97 Å². The van der Waals surface area contributed by atoms with Gasteiger partial charge in [-0.25, -0.2) is 14.5 Å². The Labute approximate surface area is 185 Å². The highest BCUT2D eigenvalue weighted by Gasteiger charge is 2.16. The molecule has 0 radical (unpaired) electrons. The van der Waals surface area contributed by atoms with Crippen LogP contribution < -0.4 is 0 Å². The van der Waals surface area contributed by atoms with Crippen molar-refractivity contribution in [2.75, 3.05) is 0 Å². The number of nitrogens with zero attached hydrogens (tertiary/aromatic N) is 3. The second kappa shape index (κ2) is 8.32. The molecule has 1 aromatic heterocycles. The normalized spacial score (nSPS) is 10.8. The molecule has 5 nitrogen and oxygen atoms in total. The number of rotatable bonds is 5. The molecule has 1 heterocycles. The fourth-order valence-corrected chi connectivity index (χ4v) is 3.63. The highest BCUT2D eigenvalue weighted by Crippen LogP contribution is 2.29. The quantitative estimate of drug-likeness (QED) is 0.383. The van der Waals surface area contributed by atoms with Crippen molar-refractivity contribution in [3.05, 3.63) is 115 Å². The van der Waals surface area contributed by atoms with Gasteiger partial charge in [0.05, 0.1) is 11.3 Å². The van der Waals surface area contributed by atoms with Gasteiger partial charge >= 0.3 is 5.97 Å². The van der Waals surface area contributed by atoms with Crippen molar-refractivity contribution in [2.45, 2.75) is 0 Å². The maximum Gasteiger partial charge on any atom is 0.335 e. The Bertz CT molecular complexity index is 1390. The second-order valence-corrected chi connectivity index (χ2v) is 7.34. The van der Waals surface area contributed by atoms with Gasteiger partial charge < -0.3 is 5.11 Å². The van der Waals surface area contributed by atoms with Gasteiger partial charge in [-0.1, -0.05) is 78.9 Å². The molecule has 5 rings (SSSR count). The average molecular weight is 417 g/mol. The van der Waals surface area contributed by atoms with E-state index in [1.54, 1.807) is 18.2 Å². The molecule has 0 saturated heterocycles. The van der Waals surface area contributed by atoms with Crippen molar-refractivity contribution >= 4 is 5.97 Å². The summed E-state index contributed by atoms with van der Waals surface area (Å²) >= 11 is 0. The first kappa shape index (κ1) is 19.5. The standard InChI is InChI=1S/C27H19N3O2/c31-27(32)23-14-8-12-21(18-23)20-11-7-13-22(17-20)26-28-25(19-9-3-1-4-10-19)29-30(26)24-15-5-2-6-16-24/h1-18H,(H,31,32). The summed E-state index contributed by atoms with van der Waals surface area (Å²) in [5, 5.41) is 14.1. The fourth-order valence-electron chi connectivity index (χ4n) is 3.63. The van der Waals surface area contributed by atoms with Crippen molar-refractivity contribution in [2.24, 2.45) is 0 Å². The SMILES string of the molecule is O=C(O)c1cccc(-c2cccc(-c3nc(-c4ccccc4)nn3-c3ccccc3)c2)c1. The van der Waals surface area contributed by atoms with Crippen LogP contribution in [0.1, 0.15) is 10.4 Å². The van der Waals surface area contributed by atoms with E-state index in [0.717, 1.165) is 27.9 Å². The smallest absolute Gasteiger partial charge is 0.335 e. The number of carbonyl (C=O) groups is 1. The largest absolute Gasteiger partial charge is 0.478 e. The second-order valence-electron chi connectivity index (χ2n) is 7.34. The van der Waals surface area contributed by atoms with Crippen LogP contribution in [0.5, 0.6) is 0 Å². The maximum absolute atomic E-state index is 11.4. The van der Waals surface area contributed by atoms with Crippen LogP contribution in [-0.2, 0) is 0 Å². The highest BCUT2D eigenvalue weighted by atomic mass is 16.4. The minimum Gasteiger partial charge on any atom is -0.478 e. The molecule has 0 aliphatic heterocycles. The number of carboxylic acids is 1. The van der Waals surface area contributed by atoms with E-state index in [9.17, 15) is 9.90 Å². The summed E-state index contributed by atoms with van der Waals surface area (Å²) in [6, 6.07) is 34.6. The van der Waals surface area contributed by atoms with Gasteiger partial charge in [0.2, 0.25) is 0 Å². The Hall–Kier alpha value is -4.51. The van der Waals surface area contributed by atoms with Gasteiger partial charge in [-0.05, 0) is 41.5 Å². The van der Waals surface area contributed by atoms with E-state index in [2.05, 4.69) is 0 Å². The van der Waals surface area contributed by atoms with Crippen molar-refractivity contribution in [1.82, 2.24) is 14.8 Å². The minimum absolute atomic E-state index is 0.256. The van der Waals surface area contributed by atoms with E-state index in [-0.39, 0.29) is 5.56 Å². The molecule has 0 bridgehead atoms. The lowest BCUT2D eigenvalue weighted by Crippen LogP contribution is -1.99. The Balaban J connectivity index is 1.65. The van der Waals surface area contributed by atoms with Crippen LogP contribution in [0.25, 0.3) is 39.6 Å². The Morgan fingerprint density at radius 1 is 0.656 bits per heavy atom. The predicted octanol–water partition coefficient (Wildman–Crippen LogP) is 5.97. The van der Waals surface area contributed by atoms with Crippen LogP contribution in [0, 0.1) is 0 Å². The molecular weight excluding hydrogens is 398 g/mol. The zero-order valence-corrected chi connectivity index (χ0v) is 17.1. The first-order valence-electron chi connectivity index (χ1n) is 10.2. The molecular formula is C27H19N3O2. The molecule has 154 valence electrons. The average Bonchev–Trinajstić information content (AvgIpc) is 3.31. The molecule has 0 fully saturated rings. The Morgan fingerprint density at radius 2 is 1.25 bits per heavy atom. The summed E-state index contributed by atoms with van der Waals surface area (Å²) < 4.78 is 1.84.